The zero-order valence-electron chi connectivity index (χ0n) is 11.2. The van der Waals surface area contributed by atoms with E-state index in [1.165, 1.54) is 32.1 Å². The van der Waals surface area contributed by atoms with Gasteiger partial charge in [0.25, 0.3) is 0 Å². The number of hydrogen-bond donors (Lipinski definition) is 1. The second-order valence-corrected chi connectivity index (χ2v) is 4.39. The van der Waals surface area contributed by atoms with E-state index in [2.05, 4.69) is 26.1 Å². The molecule has 0 aromatic rings. The molecule has 96 valence electrons. The van der Waals surface area contributed by atoms with Crippen molar-refractivity contribution in [3.05, 3.63) is 0 Å². The molecule has 0 saturated carbocycles. The lowest BCUT2D eigenvalue weighted by Gasteiger charge is -2.26. The van der Waals surface area contributed by atoms with Crippen LogP contribution in [0.4, 0.5) is 0 Å². The molecule has 0 aliphatic heterocycles. The molecular formula is C13H28N2O. The molecule has 1 atom stereocenters. The Labute approximate surface area is 101 Å². The Kier molecular flexibility index (Phi) is 10.5. The summed E-state index contributed by atoms with van der Waals surface area (Å²) in [4.78, 5) is 12.8. The first-order valence-electron chi connectivity index (χ1n) is 6.70. The summed E-state index contributed by atoms with van der Waals surface area (Å²) in [5.74, 6) is 0. The Morgan fingerprint density at radius 3 is 2.38 bits per heavy atom. The average Bonchev–Trinajstić information content (AvgIpc) is 2.29. The van der Waals surface area contributed by atoms with Crippen molar-refractivity contribution in [1.82, 2.24) is 10.2 Å². The molecule has 0 heterocycles. The predicted molar refractivity (Wildman–Crippen MR) is 69.3 cm³/mol. The van der Waals surface area contributed by atoms with Gasteiger partial charge >= 0.3 is 0 Å². The second kappa shape index (κ2) is 10.9. The van der Waals surface area contributed by atoms with Crippen LogP contribution in [0.5, 0.6) is 0 Å². The minimum absolute atomic E-state index is 0.172. The fraction of sp³-hybridized carbons (Fsp3) is 0.923. The first-order chi connectivity index (χ1) is 7.76. The zero-order valence-corrected chi connectivity index (χ0v) is 11.2. The minimum Gasteiger partial charge on any atom is -0.330 e. The van der Waals surface area contributed by atoms with Gasteiger partial charge in [-0.2, -0.15) is 0 Å². The molecule has 0 radical (unpaired) electrons. The number of carbonyl (C=O) groups is 1. The van der Waals surface area contributed by atoms with Crippen molar-refractivity contribution < 1.29 is 4.79 Å². The lowest BCUT2D eigenvalue weighted by molar-refractivity contribution is -0.120. The third kappa shape index (κ3) is 7.69. The molecule has 0 bridgehead atoms. The molecule has 0 fully saturated rings. The monoisotopic (exact) mass is 228 g/mol. The summed E-state index contributed by atoms with van der Waals surface area (Å²) < 4.78 is 0. The number of rotatable bonds is 11. The highest BCUT2D eigenvalue weighted by Crippen LogP contribution is 2.02. The van der Waals surface area contributed by atoms with Gasteiger partial charge in [-0.1, -0.05) is 39.5 Å². The summed E-state index contributed by atoms with van der Waals surface area (Å²) in [7, 11) is 0. The van der Waals surface area contributed by atoms with Gasteiger partial charge in [-0.05, 0) is 26.3 Å². The Hall–Kier alpha value is -0.570. The molecule has 3 nitrogen and oxygen atoms in total. The number of nitrogens with zero attached hydrogens (tertiary/aromatic N) is 1. The summed E-state index contributed by atoms with van der Waals surface area (Å²) >= 11 is 0. The Balaban J connectivity index is 3.65. The summed E-state index contributed by atoms with van der Waals surface area (Å²) in [6, 6.07) is 0. The number of nitrogens with one attached hydrogen (secondary N) is 1. The summed E-state index contributed by atoms with van der Waals surface area (Å²) in [6.45, 7) is 8.31. The third-order valence-corrected chi connectivity index (χ3v) is 2.87. The summed E-state index contributed by atoms with van der Waals surface area (Å²) in [5.41, 5.74) is 0. The third-order valence-electron chi connectivity index (χ3n) is 2.87. The highest BCUT2D eigenvalue weighted by atomic mass is 16.1. The van der Waals surface area contributed by atoms with Gasteiger partial charge in [-0.25, -0.2) is 0 Å². The minimum atomic E-state index is 0.172. The van der Waals surface area contributed by atoms with Crippen LogP contribution in [0, 0.1) is 0 Å². The number of hydrogen-bond acceptors (Lipinski definition) is 2. The van der Waals surface area contributed by atoms with Crippen LogP contribution in [-0.2, 0) is 4.79 Å². The SMILES string of the molecule is CCCCCCN(C=O)C(C)NCCCC. The van der Waals surface area contributed by atoms with E-state index in [4.69, 9.17) is 0 Å². The molecule has 16 heavy (non-hydrogen) atoms. The fourth-order valence-corrected chi connectivity index (χ4v) is 1.66. The summed E-state index contributed by atoms with van der Waals surface area (Å²) in [5, 5.41) is 3.37. The second-order valence-electron chi connectivity index (χ2n) is 4.39. The van der Waals surface area contributed by atoms with E-state index >= 15 is 0 Å². The molecule has 1 amide bonds. The van der Waals surface area contributed by atoms with Crippen molar-refractivity contribution >= 4 is 6.41 Å². The highest BCUT2D eigenvalue weighted by Gasteiger charge is 2.09. The van der Waals surface area contributed by atoms with E-state index in [9.17, 15) is 4.79 Å². The maximum atomic E-state index is 10.9. The van der Waals surface area contributed by atoms with Crippen LogP contribution < -0.4 is 5.32 Å². The molecule has 0 spiro atoms. The van der Waals surface area contributed by atoms with Crippen LogP contribution in [0.3, 0.4) is 0 Å². The van der Waals surface area contributed by atoms with Crippen LogP contribution in [0.1, 0.15) is 59.3 Å². The predicted octanol–water partition coefficient (Wildman–Crippen LogP) is 2.76. The van der Waals surface area contributed by atoms with Crippen molar-refractivity contribution in [2.75, 3.05) is 13.1 Å². The fourth-order valence-electron chi connectivity index (χ4n) is 1.66. The molecule has 0 rings (SSSR count). The van der Waals surface area contributed by atoms with Crippen molar-refractivity contribution in [2.24, 2.45) is 0 Å². The van der Waals surface area contributed by atoms with Crippen LogP contribution in [0.2, 0.25) is 0 Å². The Morgan fingerprint density at radius 2 is 1.81 bits per heavy atom. The molecule has 1 N–H and O–H groups in total. The van der Waals surface area contributed by atoms with E-state index in [0.717, 1.165) is 25.9 Å². The number of amides is 1. The van der Waals surface area contributed by atoms with Crippen molar-refractivity contribution in [1.29, 1.82) is 0 Å². The Morgan fingerprint density at radius 1 is 1.12 bits per heavy atom. The Bertz CT molecular complexity index is 162. The molecule has 0 aromatic heterocycles. The van der Waals surface area contributed by atoms with Gasteiger partial charge in [0.05, 0.1) is 6.17 Å². The first kappa shape index (κ1) is 15.4. The quantitative estimate of drug-likeness (QED) is 0.335. The zero-order chi connectivity index (χ0) is 12.2. The average molecular weight is 228 g/mol. The van der Waals surface area contributed by atoms with Crippen molar-refractivity contribution in [2.45, 2.75) is 65.5 Å². The number of carbonyl (C=O) groups excluding carboxylic acids is 1. The van der Waals surface area contributed by atoms with Crippen LogP contribution in [0.25, 0.3) is 0 Å². The van der Waals surface area contributed by atoms with Gasteiger partial charge in [-0.3, -0.25) is 10.1 Å². The molecule has 3 heteroatoms. The van der Waals surface area contributed by atoms with Gasteiger partial charge in [0.2, 0.25) is 6.41 Å². The van der Waals surface area contributed by atoms with E-state index in [-0.39, 0.29) is 6.17 Å². The van der Waals surface area contributed by atoms with Gasteiger partial charge < -0.3 is 4.90 Å². The van der Waals surface area contributed by atoms with E-state index in [0.29, 0.717) is 0 Å². The normalized spacial score (nSPS) is 12.4. The molecule has 0 aliphatic carbocycles. The van der Waals surface area contributed by atoms with E-state index in [1.807, 2.05) is 4.90 Å². The molecule has 0 saturated heterocycles. The molecule has 0 aromatic carbocycles. The molecular weight excluding hydrogens is 200 g/mol. The van der Waals surface area contributed by atoms with Crippen LogP contribution in [-0.4, -0.2) is 30.6 Å². The van der Waals surface area contributed by atoms with E-state index in [1.54, 1.807) is 0 Å². The first-order valence-corrected chi connectivity index (χ1v) is 6.70. The van der Waals surface area contributed by atoms with Gasteiger partial charge in [0.15, 0.2) is 0 Å². The number of unbranched alkanes of at least 4 members (excludes halogenated alkanes) is 4. The molecule has 0 aliphatic rings. The van der Waals surface area contributed by atoms with Crippen LogP contribution in [0.15, 0.2) is 0 Å². The van der Waals surface area contributed by atoms with Crippen molar-refractivity contribution in [3.63, 3.8) is 0 Å². The maximum Gasteiger partial charge on any atom is 0.210 e. The standard InChI is InChI=1S/C13H28N2O/c1-4-6-8-9-11-15(12-16)13(3)14-10-7-5-2/h12-14H,4-11H2,1-3H3. The smallest absolute Gasteiger partial charge is 0.210 e. The summed E-state index contributed by atoms with van der Waals surface area (Å²) in [6.07, 6.45) is 8.36. The van der Waals surface area contributed by atoms with Crippen molar-refractivity contribution in [3.8, 4) is 0 Å². The largest absolute Gasteiger partial charge is 0.330 e. The topological polar surface area (TPSA) is 32.3 Å². The highest BCUT2D eigenvalue weighted by molar-refractivity contribution is 5.47. The lowest BCUT2D eigenvalue weighted by Crippen LogP contribution is -2.43. The van der Waals surface area contributed by atoms with Gasteiger partial charge in [0.1, 0.15) is 0 Å². The maximum absolute atomic E-state index is 10.9. The van der Waals surface area contributed by atoms with E-state index < -0.39 is 0 Å². The van der Waals surface area contributed by atoms with Gasteiger partial charge in [0, 0.05) is 6.54 Å². The van der Waals surface area contributed by atoms with Gasteiger partial charge in [-0.15, -0.1) is 0 Å². The van der Waals surface area contributed by atoms with Crippen LogP contribution >= 0.6 is 0 Å². The lowest BCUT2D eigenvalue weighted by atomic mass is 10.2. The molecule has 1 unspecified atom stereocenters.